The van der Waals surface area contributed by atoms with Gasteiger partial charge in [0.2, 0.25) is 0 Å². The van der Waals surface area contributed by atoms with Crippen LogP contribution in [-0.2, 0) is 0 Å². The Labute approximate surface area is 141 Å². The van der Waals surface area contributed by atoms with Crippen molar-refractivity contribution >= 4 is 22.9 Å². The molecular weight excluding hydrogens is 308 g/mol. The van der Waals surface area contributed by atoms with Crippen LogP contribution in [0, 0.1) is 6.92 Å². The fourth-order valence-electron chi connectivity index (χ4n) is 2.96. The van der Waals surface area contributed by atoms with E-state index in [1.54, 1.807) is 7.11 Å². The van der Waals surface area contributed by atoms with Gasteiger partial charge in [0.05, 0.1) is 7.11 Å². The largest absolute Gasteiger partial charge is 0.495 e. The number of carbonyl (C=O) groups is 1. The Balaban J connectivity index is 1.57. The summed E-state index contributed by atoms with van der Waals surface area (Å²) in [5, 5.41) is 5.48. The van der Waals surface area contributed by atoms with E-state index in [0.29, 0.717) is 16.7 Å². The highest BCUT2D eigenvalue weighted by Crippen LogP contribution is 2.27. The molecule has 5 heteroatoms. The van der Waals surface area contributed by atoms with Crippen LogP contribution in [0.15, 0.2) is 35.7 Å². The van der Waals surface area contributed by atoms with Gasteiger partial charge in [0, 0.05) is 24.8 Å². The zero-order valence-electron chi connectivity index (χ0n) is 13.5. The van der Waals surface area contributed by atoms with Crippen LogP contribution < -0.4 is 10.1 Å². The first-order valence-electron chi connectivity index (χ1n) is 7.91. The Morgan fingerprint density at radius 2 is 2.09 bits per heavy atom. The third-order valence-electron chi connectivity index (χ3n) is 4.21. The van der Waals surface area contributed by atoms with Gasteiger partial charge < -0.3 is 15.0 Å². The molecule has 0 unspecified atom stereocenters. The van der Waals surface area contributed by atoms with Crippen molar-refractivity contribution in [3.8, 4) is 5.75 Å². The first-order chi connectivity index (χ1) is 11.2. The minimum absolute atomic E-state index is 0.0888. The fourth-order valence-corrected chi connectivity index (χ4v) is 3.78. The highest BCUT2D eigenvalue weighted by Gasteiger charge is 2.26. The molecular formula is C18H22N2O2S. The lowest BCUT2D eigenvalue weighted by molar-refractivity contribution is 0.0720. The first-order valence-corrected chi connectivity index (χ1v) is 8.79. The number of rotatable bonds is 4. The Morgan fingerprint density at radius 1 is 1.30 bits per heavy atom. The Bertz CT molecular complexity index is 675. The van der Waals surface area contributed by atoms with Crippen molar-refractivity contribution in [3.63, 3.8) is 0 Å². The lowest BCUT2D eigenvalue weighted by Crippen LogP contribution is -2.42. The quantitative estimate of drug-likeness (QED) is 0.927. The fraction of sp³-hybridized carbons (Fsp3) is 0.389. The van der Waals surface area contributed by atoms with E-state index in [1.807, 2.05) is 16.3 Å². The molecule has 0 saturated carbocycles. The number of nitrogens with one attached hydrogen (secondary N) is 1. The number of piperidine rings is 1. The van der Waals surface area contributed by atoms with Gasteiger partial charge in [-0.25, -0.2) is 0 Å². The van der Waals surface area contributed by atoms with Crippen molar-refractivity contribution in [1.29, 1.82) is 0 Å². The molecule has 0 radical (unpaired) electrons. The van der Waals surface area contributed by atoms with Crippen molar-refractivity contribution in [2.45, 2.75) is 25.8 Å². The second kappa shape index (κ2) is 7.04. The Hall–Kier alpha value is -2.01. The lowest BCUT2D eigenvalue weighted by atomic mass is 10.0. The molecule has 1 aromatic heterocycles. The van der Waals surface area contributed by atoms with Crippen molar-refractivity contribution in [2.24, 2.45) is 0 Å². The number of aryl methyl sites for hydroxylation is 1. The number of thiophene rings is 1. The zero-order chi connectivity index (χ0) is 16.2. The molecule has 3 rings (SSSR count). The predicted molar refractivity (Wildman–Crippen MR) is 94.6 cm³/mol. The van der Waals surface area contributed by atoms with E-state index < -0.39 is 0 Å². The number of methoxy groups -OCH3 is 1. The highest BCUT2D eigenvalue weighted by molar-refractivity contribution is 7.12. The van der Waals surface area contributed by atoms with E-state index in [2.05, 4.69) is 36.5 Å². The molecule has 1 aliphatic rings. The average molecular weight is 330 g/mol. The number of nitrogens with zero attached hydrogens (tertiary/aromatic N) is 1. The molecule has 0 bridgehead atoms. The number of benzene rings is 1. The van der Waals surface area contributed by atoms with E-state index in [-0.39, 0.29) is 5.91 Å². The molecule has 1 N–H and O–H groups in total. The maximum Gasteiger partial charge on any atom is 0.267 e. The molecule has 122 valence electrons. The number of hydrogen-bond acceptors (Lipinski definition) is 4. The molecule has 1 amide bonds. The molecule has 0 atom stereocenters. The lowest BCUT2D eigenvalue weighted by Gasteiger charge is -2.32. The monoisotopic (exact) mass is 330 g/mol. The maximum absolute atomic E-state index is 12.6. The maximum atomic E-state index is 12.6. The van der Waals surface area contributed by atoms with Gasteiger partial charge in [-0.1, -0.05) is 12.1 Å². The second-order valence-electron chi connectivity index (χ2n) is 5.90. The Morgan fingerprint density at radius 3 is 2.78 bits per heavy atom. The number of ether oxygens (including phenoxy) is 1. The van der Waals surface area contributed by atoms with Gasteiger partial charge in [0.15, 0.2) is 0 Å². The summed E-state index contributed by atoms with van der Waals surface area (Å²) in [6, 6.07) is 10.7. The van der Waals surface area contributed by atoms with Crippen LogP contribution in [0.4, 0.5) is 5.69 Å². The third-order valence-corrected chi connectivity index (χ3v) is 5.10. The summed E-state index contributed by atoms with van der Waals surface area (Å²) in [7, 11) is 1.61. The van der Waals surface area contributed by atoms with Crippen LogP contribution >= 0.6 is 11.3 Å². The molecule has 2 aromatic rings. The van der Waals surface area contributed by atoms with Crippen molar-refractivity contribution < 1.29 is 9.53 Å². The second-order valence-corrected chi connectivity index (χ2v) is 6.81. The molecule has 0 aliphatic carbocycles. The van der Waals surface area contributed by atoms with Gasteiger partial charge in [-0.15, -0.1) is 11.3 Å². The summed E-state index contributed by atoms with van der Waals surface area (Å²) in [6.45, 7) is 3.66. The normalized spacial score (nSPS) is 15.5. The summed E-state index contributed by atoms with van der Waals surface area (Å²) in [4.78, 5) is 15.2. The summed E-state index contributed by atoms with van der Waals surface area (Å²) in [5.41, 5.74) is 2.42. The van der Waals surface area contributed by atoms with Gasteiger partial charge in [-0.3, -0.25) is 4.79 Å². The van der Waals surface area contributed by atoms with Gasteiger partial charge in [-0.2, -0.15) is 0 Å². The minimum atomic E-state index is 0.0888. The summed E-state index contributed by atoms with van der Waals surface area (Å²) < 4.78 is 5.26. The van der Waals surface area contributed by atoms with Crippen LogP contribution in [0.2, 0.25) is 0 Å². The van der Waals surface area contributed by atoms with E-state index in [4.69, 9.17) is 4.74 Å². The Kier molecular flexibility index (Phi) is 4.86. The smallest absolute Gasteiger partial charge is 0.267 e. The molecule has 1 aromatic carbocycles. The van der Waals surface area contributed by atoms with E-state index in [9.17, 15) is 4.79 Å². The average Bonchev–Trinajstić information content (AvgIpc) is 3.03. The topological polar surface area (TPSA) is 41.6 Å². The van der Waals surface area contributed by atoms with Crippen LogP contribution in [0.3, 0.4) is 0 Å². The third kappa shape index (κ3) is 3.67. The van der Waals surface area contributed by atoms with Crippen LogP contribution in [0.5, 0.6) is 5.75 Å². The number of likely N-dealkylation sites (tertiary alicyclic amines) is 1. The van der Waals surface area contributed by atoms with Crippen molar-refractivity contribution in [1.82, 2.24) is 4.90 Å². The van der Waals surface area contributed by atoms with Gasteiger partial charge >= 0.3 is 0 Å². The van der Waals surface area contributed by atoms with Crippen LogP contribution in [0.1, 0.15) is 28.1 Å². The van der Waals surface area contributed by atoms with Gasteiger partial charge in [0.25, 0.3) is 5.91 Å². The van der Waals surface area contributed by atoms with Crippen molar-refractivity contribution in [2.75, 3.05) is 25.5 Å². The summed E-state index contributed by atoms with van der Waals surface area (Å²) >= 11 is 1.45. The van der Waals surface area contributed by atoms with Gasteiger partial charge in [-0.05, 0) is 48.9 Å². The standard InChI is InChI=1S/C18H22N2O2S/c1-13-4-3-5-15(12-13)19-14-6-9-20(10-7-14)18(21)17-16(22-2)8-11-23-17/h3-5,8,11-12,14,19H,6-7,9-10H2,1-2H3. The molecule has 1 fully saturated rings. The minimum Gasteiger partial charge on any atom is -0.495 e. The molecule has 2 heterocycles. The van der Waals surface area contributed by atoms with E-state index in [1.165, 1.54) is 16.9 Å². The molecule has 4 nitrogen and oxygen atoms in total. The molecule has 23 heavy (non-hydrogen) atoms. The first kappa shape index (κ1) is 15.9. The van der Waals surface area contributed by atoms with Crippen molar-refractivity contribution in [3.05, 3.63) is 46.2 Å². The number of carbonyl (C=O) groups excluding carboxylic acids is 1. The summed E-state index contributed by atoms with van der Waals surface area (Å²) in [6.07, 6.45) is 1.93. The number of hydrogen-bond donors (Lipinski definition) is 1. The highest BCUT2D eigenvalue weighted by atomic mass is 32.1. The van der Waals surface area contributed by atoms with E-state index in [0.717, 1.165) is 31.6 Å². The van der Waals surface area contributed by atoms with Crippen LogP contribution in [0.25, 0.3) is 0 Å². The van der Waals surface area contributed by atoms with E-state index >= 15 is 0 Å². The summed E-state index contributed by atoms with van der Waals surface area (Å²) in [5.74, 6) is 0.769. The number of anilines is 1. The predicted octanol–water partition coefficient (Wildman–Crippen LogP) is 3.78. The number of amides is 1. The van der Waals surface area contributed by atoms with Gasteiger partial charge in [0.1, 0.15) is 10.6 Å². The molecule has 1 saturated heterocycles. The molecule has 0 spiro atoms. The zero-order valence-corrected chi connectivity index (χ0v) is 14.4. The SMILES string of the molecule is COc1ccsc1C(=O)N1CCC(Nc2cccc(C)c2)CC1. The van der Waals surface area contributed by atoms with Crippen LogP contribution in [-0.4, -0.2) is 37.0 Å². The molecule has 1 aliphatic heterocycles.